The fourth-order valence-corrected chi connectivity index (χ4v) is 12.0. The zero-order valence-corrected chi connectivity index (χ0v) is 44.5. The normalized spacial score (nSPS) is 12.0. The second-order valence-corrected chi connectivity index (χ2v) is 20.4. The molecule has 5 heterocycles. The third-order valence-corrected chi connectivity index (χ3v) is 15.7. The Morgan fingerprint density at radius 2 is 0.915 bits per heavy atom. The Balaban J connectivity index is 0.882. The quantitative estimate of drug-likeness (QED) is 0.120. The molecule has 82 heavy (non-hydrogen) atoms. The van der Waals surface area contributed by atoms with Crippen molar-refractivity contribution in [3.05, 3.63) is 261 Å². The molecule has 0 fully saturated rings. The summed E-state index contributed by atoms with van der Waals surface area (Å²) in [7, 11) is 0. The highest BCUT2D eigenvalue weighted by Gasteiger charge is 2.21. The van der Waals surface area contributed by atoms with Crippen LogP contribution in [0, 0.1) is 0 Å². The van der Waals surface area contributed by atoms with Crippen LogP contribution in [0.4, 0.5) is 0 Å². The standard InChI is InChI=1S/C73H48N8O/c1-3-77-66(43-74-2)57-18-9-7-16-55(57)50-23-29-71-62(41-50)60-37-47(46-12-11-13-52(36-46)65-44-75-32-34-78-65)20-27-70(60)81(71)54-25-31-73-64(42-54)63-39-49(24-30-72(63)82-73)48-21-26-68-59(38-48)61-40-51(22-28-69(61)80(68)53-14-5-4-6-15-53)56-17-8-10-19-58(56)67-45-76-33-35-79-67/h3-45H,2H2,1H3/b66-43-,77-3?. The summed E-state index contributed by atoms with van der Waals surface area (Å²) in [5.74, 6) is 0. The van der Waals surface area contributed by atoms with Gasteiger partial charge in [0.15, 0.2) is 0 Å². The average molecular weight is 1050 g/mol. The molecule has 15 rings (SSSR count). The van der Waals surface area contributed by atoms with E-state index in [1.54, 1.807) is 43.4 Å². The topological polar surface area (TPSA) is 99.3 Å². The Bertz CT molecular complexity index is 5070. The number of furan rings is 1. The SMILES string of the molecule is C=N/C=C(\N=CC)c1ccccc1-c1ccc2c(c1)c1cc(-c3cccc(-c4cnccn4)c3)ccc1n2-c1ccc2oc3ccc(-c4ccc5c(c4)c4cc(-c6ccccc6-c6cnccn6)ccc4n5-c4ccccc4)cc3c2c1. The third kappa shape index (κ3) is 8.18. The molecule has 0 aliphatic rings. The molecule has 5 aromatic heterocycles. The highest BCUT2D eigenvalue weighted by Crippen LogP contribution is 2.43. The van der Waals surface area contributed by atoms with Crippen molar-refractivity contribution in [1.82, 2.24) is 29.1 Å². The minimum atomic E-state index is 0.743. The lowest BCUT2D eigenvalue weighted by Gasteiger charge is -2.11. The van der Waals surface area contributed by atoms with Crippen LogP contribution in [0.5, 0.6) is 0 Å². The number of nitrogens with zero attached hydrogens (tertiary/aromatic N) is 8. The van der Waals surface area contributed by atoms with E-state index >= 15 is 0 Å². The summed E-state index contributed by atoms with van der Waals surface area (Å²) in [5, 5.41) is 6.64. The van der Waals surface area contributed by atoms with Crippen LogP contribution in [0.1, 0.15) is 12.5 Å². The molecule has 0 radical (unpaired) electrons. The van der Waals surface area contributed by atoms with Crippen LogP contribution in [0.3, 0.4) is 0 Å². The Kier molecular flexibility index (Phi) is 11.7. The summed E-state index contributed by atoms with van der Waals surface area (Å²) < 4.78 is 11.4. The van der Waals surface area contributed by atoms with Crippen molar-refractivity contribution in [3.63, 3.8) is 0 Å². The summed E-state index contributed by atoms with van der Waals surface area (Å²) in [6, 6.07) is 76.3. The maximum atomic E-state index is 6.65. The second kappa shape index (κ2) is 19.9. The molecule has 9 nitrogen and oxygen atoms in total. The highest BCUT2D eigenvalue weighted by atomic mass is 16.3. The molecule has 0 aliphatic heterocycles. The van der Waals surface area contributed by atoms with E-state index in [2.05, 4.69) is 247 Å². The van der Waals surface area contributed by atoms with Gasteiger partial charge >= 0.3 is 0 Å². The van der Waals surface area contributed by atoms with Gasteiger partial charge in [0, 0.05) is 91.4 Å². The zero-order chi connectivity index (χ0) is 54.7. The number of benzene rings is 10. The van der Waals surface area contributed by atoms with Gasteiger partial charge in [0.2, 0.25) is 0 Å². The molecule has 0 N–H and O–H groups in total. The van der Waals surface area contributed by atoms with E-state index in [0.717, 1.165) is 155 Å². The summed E-state index contributed by atoms with van der Waals surface area (Å²) in [6.07, 6.45) is 14.0. The fraction of sp³-hybridized carbons (Fsp3) is 0.0137. The third-order valence-electron chi connectivity index (χ3n) is 15.7. The fourth-order valence-electron chi connectivity index (χ4n) is 12.0. The molecule has 0 spiro atoms. The summed E-state index contributed by atoms with van der Waals surface area (Å²) in [5.41, 5.74) is 22.3. The molecule has 15 aromatic rings. The summed E-state index contributed by atoms with van der Waals surface area (Å²) >= 11 is 0. The van der Waals surface area contributed by atoms with Crippen LogP contribution in [-0.2, 0) is 0 Å². The predicted molar refractivity (Wildman–Crippen MR) is 338 cm³/mol. The first-order valence-electron chi connectivity index (χ1n) is 27.2. The molecular weight excluding hydrogens is 1000 g/mol. The van der Waals surface area contributed by atoms with Crippen molar-refractivity contribution in [2.45, 2.75) is 6.92 Å². The maximum Gasteiger partial charge on any atom is 0.135 e. The predicted octanol–water partition coefficient (Wildman–Crippen LogP) is 18.5. The molecule has 0 saturated carbocycles. The Morgan fingerprint density at radius 3 is 1.55 bits per heavy atom. The van der Waals surface area contributed by atoms with E-state index in [9.17, 15) is 0 Å². The number of para-hydroxylation sites is 1. The van der Waals surface area contributed by atoms with Crippen LogP contribution in [0.25, 0.3) is 150 Å². The lowest BCUT2D eigenvalue weighted by molar-refractivity contribution is 0.669. The lowest BCUT2D eigenvalue weighted by Crippen LogP contribution is -1.94. The van der Waals surface area contributed by atoms with Crippen LogP contribution in [0.15, 0.2) is 270 Å². The van der Waals surface area contributed by atoms with Gasteiger partial charge in [-0.05, 0) is 155 Å². The molecule has 10 aromatic carbocycles. The van der Waals surface area contributed by atoms with Crippen LogP contribution >= 0.6 is 0 Å². The van der Waals surface area contributed by atoms with Gasteiger partial charge in [0.25, 0.3) is 0 Å². The number of hydrogen-bond donors (Lipinski definition) is 0. The second-order valence-electron chi connectivity index (χ2n) is 20.4. The molecule has 0 bridgehead atoms. The van der Waals surface area contributed by atoms with Crippen LogP contribution < -0.4 is 0 Å². The molecule has 0 saturated heterocycles. The van der Waals surface area contributed by atoms with Gasteiger partial charge in [-0.3, -0.25) is 29.9 Å². The molecule has 9 heteroatoms. The first-order chi connectivity index (χ1) is 40.6. The number of fused-ring (bicyclic) bond motifs is 9. The van der Waals surface area contributed by atoms with Crippen molar-refractivity contribution in [2.75, 3.05) is 0 Å². The van der Waals surface area contributed by atoms with Crippen molar-refractivity contribution < 1.29 is 4.42 Å². The van der Waals surface area contributed by atoms with Crippen molar-refractivity contribution in [2.24, 2.45) is 9.98 Å². The van der Waals surface area contributed by atoms with Crippen LogP contribution in [0.2, 0.25) is 0 Å². The van der Waals surface area contributed by atoms with Crippen molar-refractivity contribution in [3.8, 4) is 78.4 Å². The smallest absolute Gasteiger partial charge is 0.135 e. The van der Waals surface area contributed by atoms with Crippen molar-refractivity contribution in [1.29, 1.82) is 0 Å². The molecule has 0 unspecified atom stereocenters. The number of aliphatic imine (C=N–C) groups is 2. The monoisotopic (exact) mass is 1050 g/mol. The first kappa shape index (κ1) is 48.0. The summed E-state index contributed by atoms with van der Waals surface area (Å²) in [6.45, 7) is 5.67. The van der Waals surface area contributed by atoms with Gasteiger partial charge in [0.1, 0.15) is 11.2 Å². The van der Waals surface area contributed by atoms with Crippen LogP contribution in [-0.4, -0.2) is 42.0 Å². The van der Waals surface area contributed by atoms with Crippen molar-refractivity contribution >= 4 is 84.2 Å². The van der Waals surface area contributed by atoms with Gasteiger partial charge in [-0.15, -0.1) is 0 Å². The molecule has 0 aliphatic carbocycles. The molecule has 0 atom stereocenters. The van der Waals surface area contributed by atoms with E-state index in [1.807, 2.05) is 19.2 Å². The minimum absolute atomic E-state index is 0.743. The Hall–Kier alpha value is -11.2. The zero-order valence-electron chi connectivity index (χ0n) is 44.5. The number of rotatable bonds is 11. The van der Waals surface area contributed by atoms with Gasteiger partial charge in [-0.2, -0.15) is 0 Å². The maximum absolute atomic E-state index is 6.65. The van der Waals surface area contributed by atoms with E-state index in [4.69, 9.17) is 9.41 Å². The van der Waals surface area contributed by atoms with E-state index < -0.39 is 0 Å². The van der Waals surface area contributed by atoms with Gasteiger partial charge < -0.3 is 13.6 Å². The van der Waals surface area contributed by atoms with Gasteiger partial charge in [0.05, 0.1) is 57.7 Å². The average Bonchev–Trinajstić information content (AvgIpc) is 4.14. The van der Waals surface area contributed by atoms with E-state index in [1.165, 1.54) is 0 Å². The van der Waals surface area contributed by atoms with Gasteiger partial charge in [-0.25, -0.2) is 0 Å². The molecule has 0 amide bonds. The number of aromatic nitrogens is 6. The lowest BCUT2D eigenvalue weighted by atomic mass is 9.96. The first-order valence-corrected chi connectivity index (χ1v) is 27.2. The van der Waals surface area contributed by atoms with E-state index in [-0.39, 0.29) is 0 Å². The van der Waals surface area contributed by atoms with Gasteiger partial charge in [-0.1, -0.05) is 115 Å². The Morgan fingerprint density at radius 1 is 0.415 bits per heavy atom. The molecule has 386 valence electrons. The van der Waals surface area contributed by atoms with E-state index in [0.29, 0.717) is 0 Å². The largest absolute Gasteiger partial charge is 0.456 e. The highest BCUT2D eigenvalue weighted by molar-refractivity contribution is 6.15. The number of hydrogen-bond acceptors (Lipinski definition) is 7. The molecular formula is C73H48N8O. The summed E-state index contributed by atoms with van der Waals surface area (Å²) in [4.78, 5) is 26.8. The minimum Gasteiger partial charge on any atom is -0.456 e. The Labute approximate surface area is 471 Å².